The molecule has 0 spiro atoms. The molecule has 1 aromatic carbocycles. The van der Waals surface area contributed by atoms with E-state index < -0.39 is 14.1 Å². The van der Waals surface area contributed by atoms with Gasteiger partial charge in [0, 0.05) is 0 Å². The molecule has 0 amide bonds. The van der Waals surface area contributed by atoms with E-state index in [2.05, 4.69) is 4.52 Å². The fourth-order valence-corrected chi connectivity index (χ4v) is 1.73. The van der Waals surface area contributed by atoms with Gasteiger partial charge in [-0.2, -0.15) is 0 Å². The van der Waals surface area contributed by atoms with Crippen LogP contribution in [0.3, 0.4) is 0 Å². The smallest absolute Gasteiger partial charge is 0.464 e. The molecule has 0 saturated carbocycles. The maximum atomic E-state index is 10.6. The molecule has 0 bridgehead atoms. The average Bonchev–Trinajstić information content (AvgIpc) is 2.15. The normalized spacial score (nSPS) is 13.5. The Morgan fingerprint density at radius 2 is 2.00 bits per heavy atom. The van der Waals surface area contributed by atoms with Crippen molar-refractivity contribution in [2.75, 3.05) is 0 Å². The van der Waals surface area contributed by atoms with E-state index in [4.69, 9.17) is 14.5 Å². The van der Waals surface area contributed by atoms with Gasteiger partial charge in [0.1, 0.15) is 5.75 Å². The van der Waals surface area contributed by atoms with E-state index in [1.54, 1.807) is 12.1 Å². The molecule has 2 N–H and O–H groups in total. The van der Waals surface area contributed by atoms with E-state index in [9.17, 15) is 4.57 Å². The van der Waals surface area contributed by atoms with Crippen molar-refractivity contribution in [2.24, 2.45) is 0 Å². The van der Waals surface area contributed by atoms with Gasteiger partial charge in [-0.05, 0) is 25.0 Å². The molecule has 1 aromatic rings. The van der Waals surface area contributed by atoms with Crippen molar-refractivity contribution in [1.29, 1.82) is 0 Å². The standard InChI is InChI=1S/C10H15O5P/c1-3-9-6-4-5-7-10(9)14-8(2)15-16(11,12)13/h4-8H,3H2,1-2H3,(H2,11,12,13). The maximum absolute atomic E-state index is 10.6. The molecular formula is C10H15O5P. The Kier molecular flexibility index (Phi) is 4.50. The molecule has 16 heavy (non-hydrogen) atoms. The number of aryl methyl sites for hydroxylation is 1. The highest BCUT2D eigenvalue weighted by Gasteiger charge is 2.20. The minimum Gasteiger partial charge on any atom is -0.464 e. The lowest BCUT2D eigenvalue weighted by molar-refractivity contribution is -0.00142. The highest BCUT2D eigenvalue weighted by molar-refractivity contribution is 7.46. The van der Waals surface area contributed by atoms with Crippen LogP contribution in [0.2, 0.25) is 0 Å². The van der Waals surface area contributed by atoms with Gasteiger partial charge in [-0.25, -0.2) is 9.09 Å². The maximum Gasteiger partial charge on any atom is 0.472 e. The second kappa shape index (κ2) is 5.46. The molecule has 1 atom stereocenters. The molecule has 0 heterocycles. The van der Waals surface area contributed by atoms with Crippen LogP contribution in [0.5, 0.6) is 5.75 Å². The van der Waals surface area contributed by atoms with Crippen LogP contribution in [0.25, 0.3) is 0 Å². The minimum absolute atomic E-state index is 0.575. The first-order valence-electron chi connectivity index (χ1n) is 4.91. The Morgan fingerprint density at radius 3 is 2.56 bits per heavy atom. The zero-order valence-corrected chi connectivity index (χ0v) is 10.1. The van der Waals surface area contributed by atoms with Crippen molar-refractivity contribution in [3.8, 4) is 5.75 Å². The second-order valence-corrected chi connectivity index (χ2v) is 4.43. The summed E-state index contributed by atoms with van der Waals surface area (Å²) >= 11 is 0. The molecule has 1 rings (SSSR count). The summed E-state index contributed by atoms with van der Waals surface area (Å²) in [5.41, 5.74) is 0.962. The van der Waals surface area contributed by atoms with E-state index >= 15 is 0 Å². The monoisotopic (exact) mass is 246 g/mol. The summed E-state index contributed by atoms with van der Waals surface area (Å²) in [6.07, 6.45) is -0.216. The van der Waals surface area contributed by atoms with Gasteiger partial charge in [-0.1, -0.05) is 25.1 Å². The Labute approximate surface area is 94.3 Å². The Bertz CT molecular complexity index is 387. The van der Waals surface area contributed by atoms with E-state index in [0.29, 0.717) is 5.75 Å². The van der Waals surface area contributed by atoms with Crippen molar-refractivity contribution in [3.63, 3.8) is 0 Å². The number of hydrogen-bond acceptors (Lipinski definition) is 3. The number of phosphoric acid groups is 1. The predicted octanol–water partition coefficient (Wildman–Crippen LogP) is 2.08. The highest BCUT2D eigenvalue weighted by atomic mass is 31.2. The van der Waals surface area contributed by atoms with Gasteiger partial charge >= 0.3 is 7.82 Å². The molecule has 0 aliphatic heterocycles. The quantitative estimate of drug-likeness (QED) is 0.614. The van der Waals surface area contributed by atoms with Crippen molar-refractivity contribution >= 4 is 7.82 Å². The predicted molar refractivity (Wildman–Crippen MR) is 59.0 cm³/mol. The molecule has 0 aliphatic rings. The van der Waals surface area contributed by atoms with Crippen LogP contribution in [-0.2, 0) is 15.5 Å². The zero-order chi connectivity index (χ0) is 12.2. The van der Waals surface area contributed by atoms with Crippen molar-refractivity contribution in [3.05, 3.63) is 29.8 Å². The number of ether oxygens (including phenoxy) is 1. The molecule has 1 unspecified atom stereocenters. The van der Waals surface area contributed by atoms with Crippen LogP contribution in [0.1, 0.15) is 19.4 Å². The Balaban J connectivity index is 2.69. The number of para-hydroxylation sites is 1. The van der Waals surface area contributed by atoms with Crippen molar-refractivity contribution in [2.45, 2.75) is 26.6 Å². The Hall–Kier alpha value is -0.870. The van der Waals surface area contributed by atoms with Crippen LogP contribution in [0.15, 0.2) is 24.3 Å². The Morgan fingerprint density at radius 1 is 1.38 bits per heavy atom. The lowest BCUT2D eigenvalue weighted by Crippen LogP contribution is -2.15. The van der Waals surface area contributed by atoms with Crippen molar-refractivity contribution in [1.82, 2.24) is 0 Å². The molecule has 5 nitrogen and oxygen atoms in total. The second-order valence-electron chi connectivity index (χ2n) is 3.24. The molecule has 0 saturated heterocycles. The molecule has 0 aliphatic carbocycles. The van der Waals surface area contributed by atoms with E-state index in [-0.39, 0.29) is 0 Å². The van der Waals surface area contributed by atoms with Crippen LogP contribution < -0.4 is 4.74 Å². The van der Waals surface area contributed by atoms with Gasteiger partial charge < -0.3 is 14.5 Å². The van der Waals surface area contributed by atoms with Gasteiger partial charge in [0.15, 0.2) is 0 Å². The molecule has 0 fully saturated rings. The highest BCUT2D eigenvalue weighted by Crippen LogP contribution is 2.38. The van der Waals surface area contributed by atoms with Gasteiger partial charge in [0.2, 0.25) is 6.29 Å². The molecule has 6 heteroatoms. The summed E-state index contributed by atoms with van der Waals surface area (Å²) in [6, 6.07) is 7.29. The minimum atomic E-state index is -4.51. The first kappa shape index (κ1) is 13.2. The number of hydrogen-bond donors (Lipinski definition) is 2. The third-order valence-electron chi connectivity index (χ3n) is 1.93. The van der Waals surface area contributed by atoms with Gasteiger partial charge in [0.25, 0.3) is 0 Å². The topological polar surface area (TPSA) is 76.0 Å². The molecule has 90 valence electrons. The van der Waals surface area contributed by atoms with Crippen LogP contribution in [0.4, 0.5) is 0 Å². The summed E-state index contributed by atoms with van der Waals surface area (Å²) in [4.78, 5) is 17.2. The summed E-state index contributed by atoms with van der Waals surface area (Å²) in [5, 5.41) is 0. The van der Waals surface area contributed by atoms with Crippen molar-refractivity contribution < 1.29 is 23.6 Å². The summed E-state index contributed by atoms with van der Waals surface area (Å²) < 4.78 is 20.3. The summed E-state index contributed by atoms with van der Waals surface area (Å²) in [6.45, 7) is 3.40. The first-order chi connectivity index (χ1) is 7.42. The van der Waals surface area contributed by atoms with E-state index in [1.807, 2.05) is 19.1 Å². The lowest BCUT2D eigenvalue weighted by Gasteiger charge is -2.17. The third kappa shape index (κ3) is 4.33. The molecular weight excluding hydrogens is 231 g/mol. The number of benzene rings is 1. The van der Waals surface area contributed by atoms with Crippen LogP contribution in [-0.4, -0.2) is 16.1 Å². The van der Waals surface area contributed by atoms with E-state index in [0.717, 1.165) is 12.0 Å². The van der Waals surface area contributed by atoms with Crippen LogP contribution >= 0.6 is 7.82 Å². The molecule has 0 radical (unpaired) electrons. The summed E-state index contributed by atoms with van der Waals surface area (Å²) in [7, 11) is -4.51. The number of phosphoric ester groups is 1. The number of rotatable bonds is 5. The lowest BCUT2D eigenvalue weighted by atomic mass is 10.1. The van der Waals surface area contributed by atoms with E-state index in [1.165, 1.54) is 6.92 Å². The van der Waals surface area contributed by atoms with Crippen LogP contribution in [0, 0.1) is 0 Å². The zero-order valence-electron chi connectivity index (χ0n) is 9.16. The first-order valence-corrected chi connectivity index (χ1v) is 6.44. The van der Waals surface area contributed by atoms with Gasteiger partial charge in [-0.15, -0.1) is 0 Å². The SMILES string of the molecule is CCc1ccccc1OC(C)OP(=O)(O)O. The third-order valence-corrected chi connectivity index (χ3v) is 2.50. The van der Waals surface area contributed by atoms with Gasteiger partial charge in [0.05, 0.1) is 0 Å². The summed E-state index contributed by atoms with van der Waals surface area (Å²) in [5.74, 6) is 0.575. The molecule has 0 aromatic heterocycles. The van der Waals surface area contributed by atoms with Gasteiger partial charge in [-0.3, -0.25) is 0 Å². The fourth-order valence-electron chi connectivity index (χ4n) is 1.30. The average molecular weight is 246 g/mol. The largest absolute Gasteiger partial charge is 0.472 e. The fraction of sp³-hybridized carbons (Fsp3) is 0.400.